The number of hydrogen-bond donors (Lipinski definition) is 3. The molecule has 0 fully saturated rings. The van der Waals surface area contributed by atoms with Crippen molar-refractivity contribution in [2.75, 3.05) is 13.2 Å². The van der Waals surface area contributed by atoms with Crippen LogP contribution in [0.15, 0.2) is 0 Å². The summed E-state index contributed by atoms with van der Waals surface area (Å²) in [6.45, 7) is -0.476. The van der Waals surface area contributed by atoms with Crippen molar-refractivity contribution in [1.82, 2.24) is 0 Å². The Hall–Kier alpha value is -0.200. The zero-order valence-electron chi connectivity index (χ0n) is 4.28. The maximum Gasteiger partial charge on any atom is 0.112 e. The third-order valence-electron chi connectivity index (χ3n) is 0.539. The maximum atomic E-state index is 8.48. The van der Waals surface area contributed by atoms with Crippen LogP contribution < -0.4 is 5.90 Å². The molecule has 0 aromatic heterocycles. The normalized spacial score (nSPS) is 13.9. The van der Waals surface area contributed by atoms with Crippen molar-refractivity contribution < 1.29 is 20.1 Å². The van der Waals surface area contributed by atoms with E-state index in [1.54, 1.807) is 0 Å². The van der Waals surface area contributed by atoms with Gasteiger partial charge in [-0.25, -0.2) is 4.89 Å². The first-order chi connectivity index (χ1) is 3.81. The van der Waals surface area contributed by atoms with E-state index in [0.717, 1.165) is 0 Å². The zero-order chi connectivity index (χ0) is 6.41. The van der Waals surface area contributed by atoms with Crippen LogP contribution in [0.2, 0.25) is 0 Å². The fourth-order valence-electron chi connectivity index (χ4n) is 0.171. The fraction of sp³-hybridized carbons (Fsp3) is 1.00. The van der Waals surface area contributed by atoms with E-state index in [9.17, 15) is 0 Å². The Morgan fingerprint density at radius 2 is 2.25 bits per heavy atom. The Kier molecular flexibility index (Phi) is 4.82. The number of rotatable bonds is 4. The topological polar surface area (TPSA) is 84.9 Å². The van der Waals surface area contributed by atoms with Gasteiger partial charge in [-0.1, -0.05) is 0 Å². The molecule has 0 aliphatic heterocycles. The van der Waals surface area contributed by atoms with Crippen LogP contribution in [-0.4, -0.2) is 29.5 Å². The first kappa shape index (κ1) is 7.80. The number of nitrogens with two attached hydrogens (primary N) is 1. The van der Waals surface area contributed by atoms with Crippen molar-refractivity contribution in [3.63, 3.8) is 0 Å². The van der Waals surface area contributed by atoms with Gasteiger partial charge in [-0.3, -0.25) is 0 Å². The summed E-state index contributed by atoms with van der Waals surface area (Å²) < 4.78 is 0. The fourth-order valence-corrected chi connectivity index (χ4v) is 0.171. The van der Waals surface area contributed by atoms with E-state index in [1.165, 1.54) is 0 Å². The smallest absolute Gasteiger partial charge is 0.112 e. The predicted octanol–water partition coefficient (Wildman–Crippen LogP) is -1.84. The quantitative estimate of drug-likeness (QED) is 0.302. The van der Waals surface area contributed by atoms with E-state index in [4.69, 9.17) is 10.2 Å². The predicted molar refractivity (Wildman–Crippen MR) is 24.3 cm³/mol. The minimum absolute atomic E-state index is 0.118. The van der Waals surface area contributed by atoms with Crippen LogP contribution in [0.1, 0.15) is 0 Å². The van der Waals surface area contributed by atoms with Crippen LogP contribution in [0.4, 0.5) is 0 Å². The Labute approximate surface area is 46.5 Å². The first-order valence-electron chi connectivity index (χ1n) is 2.08. The second-order valence-electron chi connectivity index (χ2n) is 1.22. The lowest BCUT2D eigenvalue weighted by Gasteiger charge is -2.02. The lowest BCUT2D eigenvalue weighted by Crippen LogP contribution is -2.20. The minimum Gasteiger partial charge on any atom is -0.394 e. The van der Waals surface area contributed by atoms with Gasteiger partial charge in [0.1, 0.15) is 12.7 Å². The van der Waals surface area contributed by atoms with E-state index in [0.29, 0.717) is 0 Å². The van der Waals surface area contributed by atoms with Gasteiger partial charge < -0.3 is 10.2 Å². The Morgan fingerprint density at radius 3 is 2.62 bits per heavy atom. The number of aliphatic hydroxyl groups excluding tert-OH is 2. The Morgan fingerprint density at radius 1 is 1.62 bits per heavy atom. The van der Waals surface area contributed by atoms with Crippen LogP contribution in [0.25, 0.3) is 0 Å². The molecule has 8 heavy (non-hydrogen) atoms. The molecule has 0 aromatic rings. The van der Waals surface area contributed by atoms with Gasteiger partial charge in [-0.2, -0.15) is 5.90 Å². The van der Waals surface area contributed by atoms with E-state index < -0.39 is 6.10 Å². The van der Waals surface area contributed by atoms with Crippen LogP contribution in [0.3, 0.4) is 0 Å². The second kappa shape index (κ2) is 4.95. The summed E-state index contributed by atoms with van der Waals surface area (Å²) in [5, 5.41) is 16.6. The second-order valence-corrected chi connectivity index (χ2v) is 1.22. The SMILES string of the molecule is NOOCC(O)CO. The highest BCUT2D eigenvalue weighted by atomic mass is 17.3. The van der Waals surface area contributed by atoms with Gasteiger partial charge in [0.25, 0.3) is 0 Å². The third-order valence-corrected chi connectivity index (χ3v) is 0.539. The highest BCUT2D eigenvalue weighted by molar-refractivity contribution is 4.45. The molecule has 5 nitrogen and oxygen atoms in total. The molecule has 0 aliphatic rings. The zero-order valence-corrected chi connectivity index (χ0v) is 4.28. The average molecular weight is 123 g/mol. The standard InChI is InChI=1S/C3H9NO4/c4-8-7-2-3(6)1-5/h3,5-6H,1-2,4H2. The molecule has 5 heteroatoms. The molecule has 0 heterocycles. The van der Waals surface area contributed by atoms with E-state index in [1.807, 2.05) is 0 Å². The molecule has 0 saturated heterocycles. The van der Waals surface area contributed by atoms with Crippen molar-refractivity contribution in [3.8, 4) is 0 Å². The molecule has 0 rings (SSSR count). The summed E-state index contributed by atoms with van der Waals surface area (Å²) in [6, 6.07) is 0. The summed E-state index contributed by atoms with van der Waals surface area (Å²) in [5.41, 5.74) is 0. The highest BCUT2D eigenvalue weighted by Gasteiger charge is 1.99. The molecule has 0 amide bonds. The van der Waals surface area contributed by atoms with Crippen molar-refractivity contribution in [3.05, 3.63) is 0 Å². The molecular formula is C3H9NO4. The molecule has 0 spiro atoms. The van der Waals surface area contributed by atoms with Gasteiger partial charge in [-0.15, -0.1) is 4.99 Å². The van der Waals surface area contributed by atoms with Crippen molar-refractivity contribution in [2.24, 2.45) is 5.90 Å². The van der Waals surface area contributed by atoms with Gasteiger partial charge in [0, 0.05) is 0 Å². The van der Waals surface area contributed by atoms with Gasteiger partial charge in [-0.05, 0) is 0 Å². The largest absolute Gasteiger partial charge is 0.394 e. The van der Waals surface area contributed by atoms with Gasteiger partial charge in [0.05, 0.1) is 6.61 Å². The first-order valence-corrected chi connectivity index (χ1v) is 2.08. The van der Waals surface area contributed by atoms with Crippen LogP contribution in [-0.2, 0) is 9.88 Å². The molecule has 1 atom stereocenters. The highest BCUT2D eigenvalue weighted by Crippen LogP contribution is 1.80. The summed E-state index contributed by atoms with van der Waals surface area (Å²) in [5.74, 6) is 4.42. The average Bonchev–Trinajstić information content (AvgIpc) is 1.83. The molecule has 1 unspecified atom stereocenters. The van der Waals surface area contributed by atoms with Crippen molar-refractivity contribution >= 4 is 0 Å². The van der Waals surface area contributed by atoms with Crippen molar-refractivity contribution in [2.45, 2.75) is 6.10 Å². The summed E-state index contributed by atoms with van der Waals surface area (Å²) in [4.78, 5) is 7.70. The van der Waals surface area contributed by atoms with E-state index >= 15 is 0 Å². The van der Waals surface area contributed by atoms with Gasteiger partial charge in [0.2, 0.25) is 0 Å². The van der Waals surface area contributed by atoms with Crippen molar-refractivity contribution in [1.29, 1.82) is 0 Å². The van der Waals surface area contributed by atoms with Gasteiger partial charge >= 0.3 is 0 Å². The van der Waals surface area contributed by atoms with Crippen LogP contribution >= 0.6 is 0 Å². The third kappa shape index (κ3) is 3.97. The van der Waals surface area contributed by atoms with Gasteiger partial charge in [0.15, 0.2) is 0 Å². The Bertz CT molecular complexity index is 50.5. The summed E-state index contributed by atoms with van der Waals surface area (Å²) >= 11 is 0. The molecule has 4 N–H and O–H groups in total. The lowest BCUT2D eigenvalue weighted by atomic mass is 10.4. The maximum absolute atomic E-state index is 8.48. The van der Waals surface area contributed by atoms with E-state index in [-0.39, 0.29) is 13.2 Å². The minimum atomic E-state index is -0.918. The molecule has 50 valence electrons. The Balaban J connectivity index is 2.86. The molecule has 0 saturated carbocycles. The summed E-state index contributed by atoms with van der Waals surface area (Å²) in [7, 11) is 0. The lowest BCUT2D eigenvalue weighted by molar-refractivity contribution is -0.311. The monoisotopic (exact) mass is 123 g/mol. The van der Waals surface area contributed by atoms with Crippen LogP contribution in [0, 0.1) is 0 Å². The van der Waals surface area contributed by atoms with E-state index in [2.05, 4.69) is 15.8 Å². The molecular weight excluding hydrogens is 114 g/mol. The van der Waals surface area contributed by atoms with Crippen LogP contribution in [0.5, 0.6) is 0 Å². The number of aliphatic hydroxyl groups is 2. The summed E-state index contributed by atoms with van der Waals surface area (Å²) in [6.07, 6.45) is -0.918. The molecule has 0 bridgehead atoms. The molecule has 0 radical (unpaired) electrons. The number of hydrogen-bond acceptors (Lipinski definition) is 5. The molecule has 0 aliphatic carbocycles. The molecule has 0 aromatic carbocycles.